The number of aryl methyl sites for hydroxylation is 1. The zero-order valence-corrected chi connectivity index (χ0v) is 18.6. The van der Waals surface area contributed by atoms with Crippen molar-refractivity contribution in [1.29, 1.82) is 0 Å². The van der Waals surface area contributed by atoms with E-state index in [2.05, 4.69) is 20.7 Å². The number of benzene rings is 2. The molecule has 35 heavy (non-hydrogen) atoms. The highest BCUT2D eigenvalue weighted by molar-refractivity contribution is 5.97. The topological polar surface area (TPSA) is 163 Å². The van der Waals surface area contributed by atoms with Crippen LogP contribution in [0.3, 0.4) is 0 Å². The first-order valence-electron chi connectivity index (χ1n) is 10.4. The van der Waals surface area contributed by atoms with Gasteiger partial charge in [-0.05, 0) is 19.9 Å². The molecule has 12 heteroatoms. The van der Waals surface area contributed by atoms with Crippen LogP contribution in [0.2, 0.25) is 0 Å². The molecular formula is C23H19N5O7. The number of nitro benzene ring substituents is 1. The second-order valence-electron chi connectivity index (χ2n) is 7.44. The van der Waals surface area contributed by atoms with Crippen LogP contribution in [0.4, 0.5) is 5.69 Å². The molecule has 1 amide bonds. The minimum absolute atomic E-state index is 0.0326. The fourth-order valence-electron chi connectivity index (χ4n) is 3.19. The van der Waals surface area contributed by atoms with Gasteiger partial charge in [0.05, 0.1) is 4.92 Å². The Kier molecular flexibility index (Phi) is 6.62. The maximum absolute atomic E-state index is 12.3. The van der Waals surface area contributed by atoms with E-state index >= 15 is 0 Å². The Morgan fingerprint density at radius 2 is 1.91 bits per heavy atom. The smallest absolute Gasteiger partial charge is 0.328 e. The number of carbonyl (C=O) groups excluding carboxylic acids is 2. The van der Waals surface area contributed by atoms with E-state index < -0.39 is 22.8 Å². The predicted octanol–water partition coefficient (Wildman–Crippen LogP) is 3.47. The lowest BCUT2D eigenvalue weighted by Gasteiger charge is -2.12. The van der Waals surface area contributed by atoms with Crippen LogP contribution in [0.5, 0.6) is 0 Å². The molecule has 0 aliphatic carbocycles. The molecular weight excluding hydrogens is 458 g/mol. The summed E-state index contributed by atoms with van der Waals surface area (Å²) < 4.78 is 16.1. The number of carbonyl (C=O) groups is 2. The molecule has 0 aliphatic rings. The van der Waals surface area contributed by atoms with Crippen molar-refractivity contribution in [3.63, 3.8) is 0 Å². The highest BCUT2D eigenvalue weighted by Gasteiger charge is 2.23. The minimum Gasteiger partial charge on any atom is -0.454 e. The van der Waals surface area contributed by atoms with E-state index in [4.69, 9.17) is 13.7 Å². The summed E-state index contributed by atoms with van der Waals surface area (Å²) in [6.45, 7) is 2.81. The third-order valence-corrected chi connectivity index (χ3v) is 4.95. The van der Waals surface area contributed by atoms with Gasteiger partial charge in [-0.3, -0.25) is 14.9 Å². The van der Waals surface area contributed by atoms with E-state index in [0.29, 0.717) is 17.0 Å². The number of esters is 1. The third kappa shape index (κ3) is 5.21. The van der Waals surface area contributed by atoms with E-state index in [0.717, 1.165) is 11.6 Å². The first-order chi connectivity index (χ1) is 16.8. The standard InChI is InChI=1S/C23H19N5O7/c1-13(24-21(29)16-9-6-10-17(11-16)28(31)32)23(30)33-12-18-25-26-22(34-18)19-14(2)35-27-20(19)15-7-4-3-5-8-15/h3-11,13H,12H2,1-2H3,(H,24,29)/t13-/m0/s1. The average molecular weight is 477 g/mol. The number of hydrogen-bond acceptors (Lipinski definition) is 10. The molecule has 0 bridgehead atoms. The molecule has 1 atom stereocenters. The summed E-state index contributed by atoms with van der Waals surface area (Å²) in [5.74, 6) is -0.747. The van der Waals surface area contributed by atoms with Gasteiger partial charge in [0.1, 0.15) is 23.1 Å². The van der Waals surface area contributed by atoms with Crippen molar-refractivity contribution in [2.45, 2.75) is 26.5 Å². The molecule has 178 valence electrons. The number of non-ortho nitro benzene ring substituents is 1. The van der Waals surface area contributed by atoms with Crippen molar-refractivity contribution >= 4 is 17.6 Å². The summed E-state index contributed by atoms with van der Waals surface area (Å²) in [5.41, 5.74) is 1.67. The number of rotatable bonds is 8. The van der Waals surface area contributed by atoms with E-state index in [1.54, 1.807) is 6.92 Å². The summed E-state index contributed by atoms with van der Waals surface area (Å²) >= 11 is 0. The molecule has 0 spiro atoms. The minimum atomic E-state index is -1.03. The Morgan fingerprint density at radius 3 is 2.66 bits per heavy atom. The van der Waals surface area contributed by atoms with Gasteiger partial charge in [-0.15, -0.1) is 10.2 Å². The molecule has 0 unspecified atom stereocenters. The van der Waals surface area contributed by atoms with E-state index in [-0.39, 0.29) is 29.6 Å². The van der Waals surface area contributed by atoms with E-state index in [1.807, 2.05) is 30.3 Å². The van der Waals surface area contributed by atoms with Crippen molar-refractivity contribution in [1.82, 2.24) is 20.7 Å². The number of aromatic nitrogens is 3. The summed E-state index contributed by atoms with van der Waals surface area (Å²) in [6.07, 6.45) is 0. The SMILES string of the molecule is Cc1onc(-c2ccccc2)c1-c1nnc(COC(=O)[C@H](C)NC(=O)c2cccc([N+](=O)[O-])c2)o1. The van der Waals surface area contributed by atoms with Gasteiger partial charge in [0.2, 0.25) is 0 Å². The van der Waals surface area contributed by atoms with Crippen LogP contribution in [-0.2, 0) is 16.1 Å². The maximum atomic E-state index is 12.3. The normalized spacial score (nSPS) is 11.6. The maximum Gasteiger partial charge on any atom is 0.328 e. The molecule has 0 radical (unpaired) electrons. The van der Waals surface area contributed by atoms with Crippen LogP contribution in [0, 0.1) is 17.0 Å². The van der Waals surface area contributed by atoms with Crippen LogP contribution in [-0.4, -0.2) is 38.2 Å². The number of ether oxygens (including phenoxy) is 1. The molecule has 2 aromatic heterocycles. The number of amides is 1. The Labute approximate surface area is 198 Å². The largest absolute Gasteiger partial charge is 0.454 e. The summed E-state index contributed by atoms with van der Waals surface area (Å²) in [4.78, 5) is 34.9. The Hall–Kier alpha value is -4.87. The highest BCUT2D eigenvalue weighted by atomic mass is 16.6. The fraction of sp³-hybridized carbons (Fsp3) is 0.174. The first kappa shape index (κ1) is 23.3. The van der Waals surface area contributed by atoms with E-state index in [9.17, 15) is 19.7 Å². The molecule has 4 aromatic rings. The van der Waals surface area contributed by atoms with Crippen LogP contribution < -0.4 is 5.32 Å². The number of hydrogen-bond donors (Lipinski definition) is 1. The first-order valence-corrected chi connectivity index (χ1v) is 10.4. The molecule has 0 fully saturated rings. The lowest BCUT2D eigenvalue weighted by atomic mass is 10.1. The highest BCUT2D eigenvalue weighted by Crippen LogP contribution is 2.33. The zero-order chi connectivity index (χ0) is 24.9. The second-order valence-corrected chi connectivity index (χ2v) is 7.44. The monoisotopic (exact) mass is 477 g/mol. The van der Waals surface area contributed by atoms with Crippen molar-refractivity contribution in [2.75, 3.05) is 0 Å². The Balaban J connectivity index is 1.38. The second kappa shape index (κ2) is 9.95. The molecule has 4 rings (SSSR count). The van der Waals surface area contributed by atoms with Crippen molar-refractivity contribution < 1.29 is 28.2 Å². The Morgan fingerprint density at radius 1 is 1.14 bits per heavy atom. The van der Waals surface area contributed by atoms with Gasteiger partial charge < -0.3 is 19.0 Å². The molecule has 1 N–H and O–H groups in total. The van der Waals surface area contributed by atoms with Crippen molar-refractivity contribution in [2.24, 2.45) is 0 Å². The summed E-state index contributed by atoms with van der Waals surface area (Å²) in [5, 5.41) is 25.3. The van der Waals surface area contributed by atoms with Gasteiger partial charge in [-0.1, -0.05) is 41.6 Å². The molecule has 2 aromatic carbocycles. The fourth-order valence-corrected chi connectivity index (χ4v) is 3.19. The lowest BCUT2D eigenvalue weighted by Crippen LogP contribution is -2.39. The molecule has 0 aliphatic heterocycles. The zero-order valence-electron chi connectivity index (χ0n) is 18.6. The number of nitrogens with zero attached hydrogens (tertiary/aromatic N) is 4. The van der Waals surface area contributed by atoms with Crippen LogP contribution in [0.1, 0.15) is 28.9 Å². The molecule has 2 heterocycles. The molecule has 0 saturated heterocycles. The Bertz CT molecular complexity index is 1380. The quantitative estimate of drug-likeness (QED) is 0.226. The molecule has 0 saturated carbocycles. The predicted molar refractivity (Wildman–Crippen MR) is 120 cm³/mol. The van der Waals surface area contributed by atoms with E-state index in [1.165, 1.54) is 25.1 Å². The lowest BCUT2D eigenvalue weighted by molar-refractivity contribution is -0.384. The van der Waals surface area contributed by atoms with Crippen molar-refractivity contribution in [3.05, 3.63) is 81.9 Å². The van der Waals surface area contributed by atoms with Gasteiger partial charge >= 0.3 is 5.97 Å². The molecule has 12 nitrogen and oxygen atoms in total. The number of nitrogens with one attached hydrogen (secondary N) is 1. The summed E-state index contributed by atoms with van der Waals surface area (Å²) in [6, 6.07) is 13.5. The van der Waals surface area contributed by atoms with Gasteiger partial charge in [-0.2, -0.15) is 0 Å². The van der Waals surface area contributed by atoms with Gasteiger partial charge in [0.25, 0.3) is 23.4 Å². The van der Waals surface area contributed by atoms with Crippen LogP contribution >= 0.6 is 0 Å². The van der Waals surface area contributed by atoms with Gasteiger partial charge in [-0.25, -0.2) is 4.79 Å². The van der Waals surface area contributed by atoms with Crippen LogP contribution in [0.15, 0.2) is 63.5 Å². The van der Waals surface area contributed by atoms with Gasteiger partial charge in [0, 0.05) is 23.3 Å². The van der Waals surface area contributed by atoms with Crippen LogP contribution in [0.25, 0.3) is 22.7 Å². The van der Waals surface area contributed by atoms with Gasteiger partial charge in [0.15, 0.2) is 6.61 Å². The summed E-state index contributed by atoms with van der Waals surface area (Å²) in [7, 11) is 0. The van der Waals surface area contributed by atoms with Crippen molar-refractivity contribution in [3.8, 4) is 22.7 Å². The third-order valence-electron chi connectivity index (χ3n) is 4.95. The number of nitro groups is 1. The average Bonchev–Trinajstić information content (AvgIpc) is 3.49.